The highest BCUT2D eigenvalue weighted by atomic mass is 32.2. The highest BCUT2D eigenvalue weighted by Gasteiger charge is 2.27. The molecule has 0 bridgehead atoms. The van der Waals surface area contributed by atoms with Crippen LogP contribution in [0.3, 0.4) is 0 Å². The number of thioether (sulfide) groups is 1. The number of ether oxygens (including phenoxy) is 4. The van der Waals surface area contributed by atoms with E-state index >= 15 is 0 Å². The second-order valence-electron chi connectivity index (χ2n) is 8.95. The number of carbonyl (C=O) groups is 1. The summed E-state index contributed by atoms with van der Waals surface area (Å²) in [7, 11) is 3.17. The molecule has 180 valence electrons. The minimum absolute atomic E-state index is 0.0869. The molecular formula is C24H38N2O5S. The fourth-order valence-electron chi connectivity index (χ4n) is 3.87. The van der Waals surface area contributed by atoms with Crippen molar-refractivity contribution in [1.29, 1.82) is 0 Å². The van der Waals surface area contributed by atoms with Gasteiger partial charge in [0.05, 0.1) is 18.2 Å². The number of rotatable bonds is 14. The summed E-state index contributed by atoms with van der Waals surface area (Å²) in [6.07, 6.45) is 8.91. The van der Waals surface area contributed by atoms with E-state index in [2.05, 4.69) is 11.9 Å². The zero-order valence-electron chi connectivity index (χ0n) is 19.7. The van der Waals surface area contributed by atoms with Gasteiger partial charge in [-0.15, -0.1) is 0 Å². The molecule has 2 aliphatic carbocycles. The molecule has 2 saturated carbocycles. The van der Waals surface area contributed by atoms with Gasteiger partial charge in [0, 0.05) is 32.2 Å². The minimum Gasteiger partial charge on any atom is -0.490 e. The highest BCUT2D eigenvalue weighted by molar-refractivity contribution is 7.99. The van der Waals surface area contributed by atoms with E-state index < -0.39 is 6.23 Å². The van der Waals surface area contributed by atoms with Gasteiger partial charge in [-0.1, -0.05) is 6.92 Å². The largest absolute Gasteiger partial charge is 0.490 e. The number of amides is 1. The standard InChI is InChI=1S/C24H38N2O5S/c1-18-4-8-21(9-5-18)31-22-10-11-25-20(12-22)13-23(27)26(16-28-2)24(30-17-29-3)15-32-14-19-6-7-19/h10-12,18-19,21,24H,4-9,13-17H2,1-3H3/t18?,21?,24-/m1/s1. The van der Waals surface area contributed by atoms with Crippen molar-refractivity contribution < 1.29 is 23.7 Å². The maximum atomic E-state index is 13.2. The van der Waals surface area contributed by atoms with Gasteiger partial charge in [0.2, 0.25) is 5.91 Å². The maximum Gasteiger partial charge on any atom is 0.232 e. The van der Waals surface area contributed by atoms with Crippen LogP contribution in [0.15, 0.2) is 18.3 Å². The van der Waals surface area contributed by atoms with Crippen molar-refractivity contribution in [1.82, 2.24) is 9.88 Å². The Labute approximate surface area is 196 Å². The summed E-state index contributed by atoms with van der Waals surface area (Å²) in [5.74, 6) is 4.08. The van der Waals surface area contributed by atoms with Crippen LogP contribution in [0.4, 0.5) is 0 Å². The van der Waals surface area contributed by atoms with Crippen molar-refractivity contribution >= 4 is 17.7 Å². The summed E-state index contributed by atoms with van der Waals surface area (Å²) < 4.78 is 22.4. The molecule has 1 amide bonds. The van der Waals surface area contributed by atoms with Crippen LogP contribution in [0.5, 0.6) is 5.75 Å². The summed E-state index contributed by atoms with van der Waals surface area (Å²) in [5, 5.41) is 0. The fourth-order valence-corrected chi connectivity index (χ4v) is 5.15. The van der Waals surface area contributed by atoms with Crippen LogP contribution in [0.2, 0.25) is 0 Å². The van der Waals surface area contributed by atoms with Gasteiger partial charge >= 0.3 is 0 Å². The van der Waals surface area contributed by atoms with E-state index in [0.717, 1.165) is 36.2 Å². The lowest BCUT2D eigenvalue weighted by Gasteiger charge is -2.30. The minimum atomic E-state index is -0.408. The normalized spacial score (nSPS) is 21.8. The van der Waals surface area contributed by atoms with Gasteiger partial charge in [-0.05, 0) is 62.2 Å². The number of carbonyl (C=O) groups excluding carboxylic acids is 1. The second kappa shape index (κ2) is 13.4. The molecule has 1 aromatic heterocycles. The Balaban J connectivity index is 1.59. The van der Waals surface area contributed by atoms with Gasteiger partial charge in [0.15, 0.2) is 0 Å². The SMILES string of the molecule is COCO[C@H](CSCC1CC1)N(COC)C(=O)Cc1cc(OC2CCC(C)CC2)ccn1. The average molecular weight is 467 g/mol. The summed E-state index contributed by atoms with van der Waals surface area (Å²) >= 11 is 1.82. The molecule has 8 heteroatoms. The van der Waals surface area contributed by atoms with E-state index in [1.807, 2.05) is 23.9 Å². The Morgan fingerprint density at radius 1 is 1.19 bits per heavy atom. The predicted octanol–water partition coefficient (Wildman–Crippen LogP) is 4.10. The van der Waals surface area contributed by atoms with Crippen LogP contribution in [-0.2, 0) is 25.4 Å². The summed E-state index contributed by atoms with van der Waals surface area (Å²) in [6.45, 7) is 2.59. The number of aromatic nitrogens is 1. The average Bonchev–Trinajstić information content (AvgIpc) is 3.61. The second-order valence-corrected chi connectivity index (χ2v) is 10.0. The van der Waals surface area contributed by atoms with E-state index in [1.54, 1.807) is 25.3 Å². The Bertz CT molecular complexity index is 695. The lowest BCUT2D eigenvalue weighted by Crippen LogP contribution is -2.45. The van der Waals surface area contributed by atoms with E-state index in [1.165, 1.54) is 25.7 Å². The molecule has 2 aliphatic rings. The van der Waals surface area contributed by atoms with Crippen LogP contribution in [0.25, 0.3) is 0 Å². The molecule has 0 spiro atoms. The van der Waals surface area contributed by atoms with Crippen molar-refractivity contribution in [3.8, 4) is 5.75 Å². The van der Waals surface area contributed by atoms with E-state index in [-0.39, 0.29) is 32.0 Å². The summed E-state index contributed by atoms with van der Waals surface area (Å²) in [5.41, 5.74) is 0.689. The van der Waals surface area contributed by atoms with Crippen molar-refractivity contribution in [2.24, 2.45) is 11.8 Å². The summed E-state index contributed by atoms with van der Waals surface area (Å²) in [4.78, 5) is 19.2. The Morgan fingerprint density at radius 3 is 2.66 bits per heavy atom. The molecule has 0 unspecified atom stereocenters. The molecule has 0 aromatic carbocycles. The summed E-state index contributed by atoms with van der Waals surface area (Å²) in [6, 6.07) is 3.76. The molecule has 1 atom stereocenters. The van der Waals surface area contributed by atoms with Crippen LogP contribution in [0, 0.1) is 11.8 Å². The third kappa shape index (κ3) is 8.54. The van der Waals surface area contributed by atoms with Gasteiger partial charge < -0.3 is 18.9 Å². The molecule has 0 aliphatic heterocycles. The topological polar surface area (TPSA) is 70.1 Å². The molecule has 7 nitrogen and oxygen atoms in total. The lowest BCUT2D eigenvalue weighted by atomic mass is 9.89. The molecule has 3 rings (SSSR count). The number of nitrogens with zero attached hydrogens (tertiary/aromatic N) is 2. The van der Waals surface area contributed by atoms with Gasteiger partial charge in [-0.2, -0.15) is 11.8 Å². The van der Waals surface area contributed by atoms with E-state index in [4.69, 9.17) is 18.9 Å². The van der Waals surface area contributed by atoms with Crippen molar-refractivity contribution in [3.63, 3.8) is 0 Å². The molecule has 2 fully saturated rings. The van der Waals surface area contributed by atoms with Gasteiger partial charge in [0.25, 0.3) is 0 Å². The maximum absolute atomic E-state index is 13.2. The number of methoxy groups -OCH3 is 2. The van der Waals surface area contributed by atoms with E-state index in [0.29, 0.717) is 11.4 Å². The fraction of sp³-hybridized carbons (Fsp3) is 0.750. The van der Waals surface area contributed by atoms with Gasteiger partial charge in [0.1, 0.15) is 25.5 Å². The third-order valence-corrected chi connectivity index (χ3v) is 7.24. The third-order valence-electron chi connectivity index (χ3n) is 6.01. The highest BCUT2D eigenvalue weighted by Crippen LogP contribution is 2.33. The first-order chi connectivity index (χ1) is 15.6. The Kier molecular flexibility index (Phi) is 10.6. The number of pyridine rings is 1. The van der Waals surface area contributed by atoms with E-state index in [9.17, 15) is 4.79 Å². The van der Waals surface area contributed by atoms with Crippen LogP contribution in [0.1, 0.15) is 51.1 Å². The molecular weight excluding hydrogens is 428 g/mol. The smallest absolute Gasteiger partial charge is 0.232 e. The first-order valence-corrected chi connectivity index (χ1v) is 12.8. The van der Waals surface area contributed by atoms with Crippen LogP contribution in [-0.4, -0.2) is 67.4 Å². The number of hydrogen-bond donors (Lipinski definition) is 0. The molecule has 0 saturated heterocycles. The van der Waals surface area contributed by atoms with Crippen molar-refractivity contribution in [2.45, 2.75) is 64.2 Å². The van der Waals surface area contributed by atoms with Crippen molar-refractivity contribution in [2.75, 3.05) is 39.2 Å². The molecule has 1 heterocycles. The quantitative estimate of drug-likeness (QED) is 0.382. The Hall–Kier alpha value is -1.35. The van der Waals surface area contributed by atoms with Crippen LogP contribution < -0.4 is 4.74 Å². The zero-order chi connectivity index (χ0) is 22.8. The van der Waals surface area contributed by atoms with Crippen molar-refractivity contribution in [3.05, 3.63) is 24.0 Å². The zero-order valence-corrected chi connectivity index (χ0v) is 20.5. The monoisotopic (exact) mass is 466 g/mol. The molecule has 0 N–H and O–H groups in total. The van der Waals surface area contributed by atoms with Gasteiger partial charge in [-0.25, -0.2) is 0 Å². The molecule has 0 radical (unpaired) electrons. The first-order valence-electron chi connectivity index (χ1n) is 11.7. The van der Waals surface area contributed by atoms with Gasteiger partial charge in [-0.3, -0.25) is 14.7 Å². The Morgan fingerprint density at radius 2 is 1.97 bits per heavy atom. The predicted molar refractivity (Wildman–Crippen MR) is 126 cm³/mol. The molecule has 32 heavy (non-hydrogen) atoms. The van der Waals surface area contributed by atoms with Crippen LogP contribution >= 0.6 is 11.8 Å². The first kappa shape index (κ1) is 25.3. The number of hydrogen-bond acceptors (Lipinski definition) is 7. The lowest BCUT2D eigenvalue weighted by molar-refractivity contribution is -0.167. The molecule has 1 aromatic rings.